The number of benzene rings is 1. The number of hydrogen-bond donors (Lipinski definition) is 0. The number of ether oxygens (including phenoxy) is 1. The van der Waals surface area contributed by atoms with Gasteiger partial charge >= 0.3 is 5.97 Å². The van der Waals surface area contributed by atoms with Gasteiger partial charge in [-0.25, -0.2) is 0 Å². The van der Waals surface area contributed by atoms with Gasteiger partial charge in [-0.15, -0.1) is 11.3 Å². The van der Waals surface area contributed by atoms with E-state index in [-0.39, 0.29) is 12.0 Å². The molecule has 0 radical (unpaired) electrons. The number of Topliss-reactive ketones (excluding diaryl/α,β-unsaturated/α-hetero) is 1. The lowest BCUT2D eigenvalue weighted by atomic mass is 10.2. The van der Waals surface area contributed by atoms with Crippen LogP contribution in [0.25, 0.3) is 0 Å². The van der Waals surface area contributed by atoms with E-state index in [0.717, 1.165) is 17.8 Å². The van der Waals surface area contributed by atoms with Crippen LogP contribution in [0.15, 0.2) is 53.2 Å². The standard InChI is InChI=1S/C21H21N3O3S/c1-23-17-9-3-4-10-18(17)24(2)21(23)16(13-22)19(25)14-27-20(26)11-5-7-15-8-6-12-28-15/h3-4,6,8-10,12H,5,7,11,14H2,1-2H3. The van der Waals surface area contributed by atoms with Crippen molar-refractivity contribution in [2.75, 3.05) is 30.5 Å². The molecule has 2 aromatic rings. The van der Waals surface area contributed by atoms with E-state index in [9.17, 15) is 14.9 Å². The lowest BCUT2D eigenvalue weighted by molar-refractivity contribution is -0.147. The molecule has 0 unspecified atom stereocenters. The third-order valence-electron chi connectivity index (χ3n) is 4.60. The lowest BCUT2D eigenvalue weighted by Crippen LogP contribution is -2.27. The molecular formula is C21H21N3O3S. The number of esters is 1. The molecule has 0 N–H and O–H groups in total. The van der Waals surface area contributed by atoms with Gasteiger partial charge in [0.2, 0.25) is 5.78 Å². The zero-order chi connectivity index (χ0) is 20.1. The highest BCUT2D eigenvalue weighted by Crippen LogP contribution is 2.40. The van der Waals surface area contributed by atoms with Crippen LogP contribution in [0.3, 0.4) is 0 Å². The Labute approximate surface area is 168 Å². The molecule has 1 aliphatic heterocycles. The minimum Gasteiger partial charge on any atom is -0.457 e. The molecule has 1 aromatic carbocycles. The quantitative estimate of drug-likeness (QED) is 0.406. The van der Waals surface area contributed by atoms with Crippen LogP contribution in [-0.4, -0.2) is 32.5 Å². The number of nitriles is 1. The molecule has 6 nitrogen and oxygen atoms in total. The fourth-order valence-corrected chi connectivity index (χ4v) is 3.96. The van der Waals surface area contributed by atoms with Crippen LogP contribution in [0.5, 0.6) is 0 Å². The smallest absolute Gasteiger partial charge is 0.306 e. The minimum atomic E-state index is -0.504. The second-order valence-corrected chi connectivity index (χ2v) is 7.47. The molecule has 28 heavy (non-hydrogen) atoms. The molecule has 0 aliphatic carbocycles. The van der Waals surface area contributed by atoms with Gasteiger partial charge in [-0.2, -0.15) is 5.26 Å². The highest BCUT2D eigenvalue weighted by molar-refractivity contribution is 7.09. The predicted octanol–water partition coefficient (Wildman–Crippen LogP) is 3.50. The number of anilines is 2. The summed E-state index contributed by atoms with van der Waals surface area (Å²) in [5.74, 6) is -0.443. The number of carbonyl (C=O) groups excluding carboxylic acids is 2. The molecule has 1 aromatic heterocycles. The SMILES string of the molecule is CN1C(=C(C#N)C(=O)COC(=O)CCCc2cccs2)N(C)c2ccccc21. The molecule has 144 valence electrons. The summed E-state index contributed by atoms with van der Waals surface area (Å²) in [6.45, 7) is -0.428. The molecule has 7 heteroatoms. The van der Waals surface area contributed by atoms with E-state index in [0.29, 0.717) is 12.2 Å². The summed E-state index contributed by atoms with van der Waals surface area (Å²) >= 11 is 1.65. The molecule has 3 rings (SSSR count). The zero-order valence-corrected chi connectivity index (χ0v) is 16.7. The van der Waals surface area contributed by atoms with Gasteiger partial charge in [0.05, 0.1) is 11.4 Å². The molecule has 0 fully saturated rings. The van der Waals surface area contributed by atoms with Crippen LogP contribution < -0.4 is 9.80 Å². The monoisotopic (exact) mass is 395 g/mol. The fourth-order valence-electron chi connectivity index (χ4n) is 3.21. The Morgan fingerprint density at radius 1 is 1.11 bits per heavy atom. The summed E-state index contributed by atoms with van der Waals surface area (Å²) < 4.78 is 5.11. The van der Waals surface area contributed by atoms with Gasteiger partial charge in [-0.05, 0) is 36.4 Å². The first-order valence-corrected chi connectivity index (χ1v) is 9.83. The van der Waals surface area contributed by atoms with Crippen molar-refractivity contribution in [3.63, 3.8) is 0 Å². The van der Waals surface area contributed by atoms with Crippen molar-refractivity contribution >= 4 is 34.5 Å². The van der Waals surface area contributed by atoms with E-state index in [4.69, 9.17) is 4.74 Å². The average Bonchev–Trinajstić information content (AvgIpc) is 3.30. The molecule has 0 amide bonds. The molecule has 0 spiro atoms. The molecule has 1 aliphatic rings. The number of carbonyl (C=O) groups is 2. The maximum Gasteiger partial charge on any atom is 0.306 e. The Kier molecular flexibility index (Phi) is 6.12. The molecule has 0 saturated carbocycles. The lowest BCUT2D eigenvalue weighted by Gasteiger charge is -2.19. The third-order valence-corrected chi connectivity index (χ3v) is 5.54. The largest absolute Gasteiger partial charge is 0.457 e. The maximum atomic E-state index is 12.6. The number of ketones is 1. The number of aryl methyl sites for hydroxylation is 1. The molecule has 0 bridgehead atoms. The van der Waals surface area contributed by atoms with E-state index < -0.39 is 18.4 Å². The number of rotatable bonds is 7. The van der Waals surface area contributed by atoms with Crippen LogP contribution in [0.1, 0.15) is 17.7 Å². The first kappa shape index (κ1) is 19.6. The number of thiophene rings is 1. The Balaban J connectivity index is 1.60. The van der Waals surface area contributed by atoms with Gasteiger partial charge in [0.1, 0.15) is 17.5 Å². The fraction of sp³-hybridized carbons (Fsp3) is 0.286. The first-order chi connectivity index (χ1) is 13.5. The van der Waals surface area contributed by atoms with E-state index in [1.165, 1.54) is 4.88 Å². The van der Waals surface area contributed by atoms with Crippen molar-refractivity contribution in [2.45, 2.75) is 19.3 Å². The number of fused-ring (bicyclic) bond motifs is 1. The van der Waals surface area contributed by atoms with Gasteiger partial charge in [0.15, 0.2) is 6.61 Å². The van der Waals surface area contributed by atoms with Crippen molar-refractivity contribution in [3.8, 4) is 6.07 Å². The van der Waals surface area contributed by atoms with E-state index >= 15 is 0 Å². The summed E-state index contributed by atoms with van der Waals surface area (Å²) in [5.41, 5.74) is 1.80. The number of para-hydroxylation sites is 2. The van der Waals surface area contributed by atoms with Crippen LogP contribution in [-0.2, 0) is 20.7 Å². The number of hydrogen-bond acceptors (Lipinski definition) is 7. The molecule has 2 heterocycles. The van der Waals surface area contributed by atoms with E-state index in [1.807, 2.05) is 47.8 Å². The highest BCUT2D eigenvalue weighted by atomic mass is 32.1. The maximum absolute atomic E-state index is 12.6. The molecular weight excluding hydrogens is 374 g/mol. The van der Waals surface area contributed by atoms with Crippen LogP contribution in [0.2, 0.25) is 0 Å². The van der Waals surface area contributed by atoms with Crippen molar-refractivity contribution in [2.24, 2.45) is 0 Å². The Morgan fingerprint density at radius 2 is 1.79 bits per heavy atom. The Morgan fingerprint density at radius 3 is 2.36 bits per heavy atom. The average molecular weight is 395 g/mol. The van der Waals surface area contributed by atoms with Crippen molar-refractivity contribution in [3.05, 3.63) is 58.0 Å². The topological polar surface area (TPSA) is 73.6 Å². The van der Waals surface area contributed by atoms with Gasteiger partial charge in [-0.3, -0.25) is 9.59 Å². The second-order valence-electron chi connectivity index (χ2n) is 6.43. The normalized spacial score (nSPS) is 12.5. The third kappa shape index (κ3) is 4.07. The van der Waals surface area contributed by atoms with Crippen molar-refractivity contribution in [1.82, 2.24) is 0 Å². The zero-order valence-electron chi connectivity index (χ0n) is 15.8. The predicted molar refractivity (Wildman–Crippen MR) is 109 cm³/mol. The van der Waals surface area contributed by atoms with E-state index in [2.05, 4.69) is 0 Å². The Hall–Kier alpha value is -3.11. The van der Waals surface area contributed by atoms with Gasteiger partial charge in [0, 0.05) is 25.4 Å². The molecule has 0 saturated heterocycles. The van der Waals surface area contributed by atoms with Gasteiger partial charge in [-0.1, -0.05) is 18.2 Å². The summed E-state index contributed by atoms with van der Waals surface area (Å²) in [6, 6.07) is 13.6. The van der Waals surface area contributed by atoms with Crippen LogP contribution in [0, 0.1) is 11.3 Å². The summed E-state index contributed by atoms with van der Waals surface area (Å²) in [4.78, 5) is 29.3. The second kappa shape index (κ2) is 8.72. The summed E-state index contributed by atoms with van der Waals surface area (Å²) in [6.07, 6.45) is 1.72. The summed E-state index contributed by atoms with van der Waals surface area (Å²) in [5, 5.41) is 11.6. The van der Waals surface area contributed by atoms with Crippen LogP contribution in [0.4, 0.5) is 11.4 Å². The molecule has 0 atom stereocenters. The highest BCUT2D eigenvalue weighted by Gasteiger charge is 2.31. The Bertz CT molecular complexity index is 913. The van der Waals surface area contributed by atoms with Gasteiger partial charge in [0.25, 0.3) is 0 Å². The first-order valence-electron chi connectivity index (χ1n) is 8.95. The van der Waals surface area contributed by atoms with Gasteiger partial charge < -0.3 is 14.5 Å². The summed E-state index contributed by atoms with van der Waals surface area (Å²) in [7, 11) is 3.61. The van der Waals surface area contributed by atoms with E-state index in [1.54, 1.807) is 35.2 Å². The number of nitrogens with zero attached hydrogens (tertiary/aromatic N) is 3. The van der Waals surface area contributed by atoms with Crippen molar-refractivity contribution < 1.29 is 14.3 Å². The van der Waals surface area contributed by atoms with Crippen LogP contribution >= 0.6 is 11.3 Å². The van der Waals surface area contributed by atoms with Crippen molar-refractivity contribution in [1.29, 1.82) is 5.26 Å². The minimum absolute atomic E-state index is 0.0208.